The zero-order chi connectivity index (χ0) is 23.5. The second-order valence-electron chi connectivity index (χ2n) is 7.20. The molecule has 11 heteroatoms. The van der Waals surface area contributed by atoms with Crippen LogP contribution in [0.15, 0.2) is 36.5 Å². The number of carbonyl (C=O) groups excluding carboxylic acids is 2. The predicted molar refractivity (Wildman–Crippen MR) is 110 cm³/mol. The third kappa shape index (κ3) is 4.37. The largest absolute Gasteiger partial charge is 0.382 e. The molecular formula is C21H21F2N5O4. The first-order valence-electron chi connectivity index (χ1n) is 9.45. The van der Waals surface area contributed by atoms with Crippen molar-refractivity contribution in [3.05, 3.63) is 53.3 Å². The summed E-state index contributed by atoms with van der Waals surface area (Å²) in [6.45, 7) is -0.828. The van der Waals surface area contributed by atoms with Crippen molar-refractivity contribution in [2.45, 2.75) is 17.6 Å². The van der Waals surface area contributed by atoms with E-state index in [2.05, 4.69) is 27.1 Å². The van der Waals surface area contributed by atoms with Gasteiger partial charge in [-0.1, -0.05) is 24.1 Å². The van der Waals surface area contributed by atoms with Gasteiger partial charge in [0.1, 0.15) is 5.69 Å². The number of anilines is 1. The van der Waals surface area contributed by atoms with Crippen LogP contribution in [0.4, 0.5) is 14.7 Å². The molecule has 32 heavy (non-hydrogen) atoms. The predicted octanol–water partition coefficient (Wildman–Crippen LogP) is 0.565. The van der Waals surface area contributed by atoms with E-state index in [9.17, 15) is 23.5 Å². The van der Waals surface area contributed by atoms with Gasteiger partial charge in [0, 0.05) is 25.9 Å². The smallest absolute Gasteiger partial charge is 0.313 e. The molecule has 3 rings (SSSR count). The number of nitrogens with two attached hydrogens (primary N) is 1. The number of likely N-dealkylation sites (tertiary alicyclic amines) is 1. The van der Waals surface area contributed by atoms with Gasteiger partial charge in [0.2, 0.25) is 5.95 Å². The third-order valence-corrected chi connectivity index (χ3v) is 4.88. The standard InChI is InChI=1S/C21H21F2N5O4/c1-28-12-21(22,23)20(31,18(28)30)9-7-13-5-3-4-6-14(13)16(11-32-2)27-19-25-10-8-15(26-19)17(24)29/h3-6,8,10,16,31H,11-12H2,1-2H3,(H2,24,29)(H,25,26,27)/t16?,20-/m1/s1. The summed E-state index contributed by atoms with van der Waals surface area (Å²) in [6.07, 6.45) is 1.35. The van der Waals surface area contributed by atoms with Crippen LogP contribution in [0.5, 0.6) is 0 Å². The van der Waals surface area contributed by atoms with Crippen molar-refractivity contribution >= 4 is 17.8 Å². The highest BCUT2D eigenvalue weighted by Gasteiger charge is 2.64. The van der Waals surface area contributed by atoms with Crippen molar-refractivity contribution < 1.29 is 28.2 Å². The number of rotatable bonds is 6. The Morgan fingerprint density at radius 1 is 1.41 bits per heavy atom. The Labute approximate surface area is 182 Å². The summed E-state index contributed by atoms with van der Waals surface area (Å²) in [5.74, 6) is -0.951. The molecule has 2 heterocycles. The van der Waals surface area contributed by atoms with Gasteiger partial charge in [-0.2, -0.15) is 8.78 Å². The van der Waals surface area contributed by atoms with Gasteiger partial charge in [0.15, 0.2) is 0 Å². The highest BCUT2D eigenvalue weighted by atomic mass is 19.3. The highest BCUT2D eigenvalue weighted by Crippen LogP contribution is 2.36. The number of benzene rings is 1. The molecule has 2 atom stereocenters. The van der Waals surface area contributed by atoms with Gasteiger partial charge in [-0.05, 0) is 23.6 Å². The quantitative estimate of drug-likeness (QED) is 0.554. The van der Waals surface area contributed by atoms with Crippen molar-refractivity contribution in [1.82, 2.24) is 14.9 Å². The lowest BCUT2D eigenvalue weighted by Crippen LogP contribution is -2.48. The number of ether oxygens (including phenoxy) is 1. The van der Waals surface area contributed by atoms with Crippen LogP contribution in [-0.2, 0) is 9.53 Å². The van der Waals surface area contributed by atoms with E-state index < -0.39 is 35.9 Å². The molecule has 1 fully saturated rings. The molecule has 1 saturated heterocycles. The number of hydrogen-bond donors (Lipinski definition) is 3. The molecule has 1 aromatic carbocycles. The summed E-state index contributed by atoms with van der Waals surface area (Å²) < 4.78 is 33.8. The first-order valence-corrected chi connectivity index (χ1v) is 9.45. The second-order valence-corrected chi connectivity index (χ2v) is 7.20. The fourth-order valence-corrected chi connectivity index (χ4v) is 3.23. The molecule has 2 amide bonds. The van der Waals surface area contributed by atoms with Gasteiger partial charge in [-0.25, -0.2) is 9.97 Å². The summed E-state index contributed by atoms with van der Waals surface area (Å²) in [7, 11) is 2.63. The van der Waals surface area contributed by atoms with Crippen molar-refractivity contribution in [3.63, 3.8) is 0 Å². The number of hydrogen-bond acceptors (Lipinski definition) is 7. The van der Waals surface area contributed by atoms with Crippen LogP contribution in [-0.4, -0.2) is 70.6 Å². The minimum Gasteiger partial charge on any atom is -0.382 e. The van der Waals surface area contributed by atoms with E-state index in [1.165, 1.54) is 26.4 Å². The Balaban J connectivity index is 1.98. The summed E-state index contributed by atoms with van der Waals surface area (Å²) >= 11 is 0. The van der Waals surface area contributed by atoms with Crippen LogP contribution in [0.2, 0.25) is 0 Å². The molecule has 9 nitrogen and oxygen atoms in total. The Bertz CT molecular complexity index is 1100. The molecule has 2 aromatic rings. The number of alkyl halides is 2. The Morgan fingerprint density at radius 2 is 2.12 bits per heavy atom. The number of aromatic nitrogens is 2. The average molecular weight is 445 g/mol. The van der Waals surface area contributed by atoms with Crippen molar-refractivity contribution in [3.8, 4) is 11.8 Å². The van der Waals surface area contributed by atoms with Gasteiger partial charge >= 0.3 is 5.92 Å². The summed E-state index contributed by atoms with van der Waals surface area (Å²) in [5.41, 5.74) is 2.91. The number of carbonyl (C=O) groups is 2. The Kier molecular flexibility index (Phi) is 6.38. The highest BCUT2D eigenvalue weighted by molar-refractivity contribution is 5.92. The first kappa shape index (κ1) is 23.1. The van der Waals surface area contributed by atoms with Crippen LogP contribution in [0.1, 0.15) is 27.7 Å². The maximum Gasteiger partial charge on any atom is 0.313 e. The number of aliphatic hydroxyl groups is 1. The molecule has 4 N–H and O–H groups in total. The van der Waals surface area contributed by atoms with E-state index in [1.54, 1.807) is 24.3 Å². The summed E-state index contributed by atoms with van der Waals surface area (Å²) in [6, 6.07) is 7.30. The lowest BCUT2D eigenvalue weighted by molar-refractivity contribution is -0.153. The molecule has 1 aliphatic rings. The van der Waals surface area contributed by atoms with Crippen LogP contribution < -0.4 is 11.1 Å². The minimum atomic E-state index is -3.73. The SMILES string of the molecule is COCC(Nc1nccc(C(N)=O)n1)c1ccccc1C#C[C@@]1(O)C(=O)N(C)CC1(F)F. The maximum absolute atomic E-state index is 14.3. The van der Waals surface area contributed by atoms with Gasteiger partial charge in [0.25, 0.3) is 17.4 Å². The number of primary amides is 1. The monoisotopic (exact) mass is 445 g/mol. The maximum atomic E-state index is 14.3. The molecule has 1 aliphatic heterocycles. The molecule has 0 spiro atoms. The average Bonchev–Trinajstić information content (AvgIpc) is 2.91. The number of nitrogens with one attached hydrogen (secondary N) is 1. The van der Waals surface area contributed by atoms with Crippen molar-refractivity contribution in [2.75, 3.05) is 32.6 Å². The molecule has 1 unspecified atom stereocenters. The van der Waals surface area contributed by atoms with Crippen LogP contribution in [0.3, 0.4) is 0 Å². The first-order chi connectivity index (χ1) is 15.1. The van der Waals surface area contributed by atoms with Gasteiger partial charge in [0.05, 0.1) is 19.2 Å². The summed E-state index contributed by atoms with van der Waals surface area (Å²) in [4.78, 5) is 32.3. The lowest BCUT2D eigenvalue weighted by Gasteiger charge is -2.21. The fourth-order valence-electron chi connectivity index (χ4n) is 3.23. The van der Waals surface area contributed by atoms with E-state index in [0.717, 1.165) is 4.90 Å². The molecular weight excluding hydrogens is 424 g/mol. The van der Waals surface area contributed by atoms with E-state index in [0.29, 0.717) is 5.56 Å². The zero-order valence-corrected chi connectivity index (χ0v) is 17.3. The molecule has 1 aromatic heterocycles. The number of likely N-dealkylation sites (N-methyl/N-ethyl adjacent to an activating group) is 1. The van der Waals surface area contributed by atoms with E-state index >= 15 is 0 Å². The second kappa shape index (κ2) is 8.86. The minimum absolute atomic E-state index is 0.0000583. The van der Waals surface area contributed by atoms with Crippen LogP contribution >= 0.6 is 0 Å². The van der Waals surface area contributed by atoms with E-state index in [1.807, 2.05) is 0 Å². The Hall–Kier alpha value is -3.62. The number of nitrogens with zero attached hydrogens (tertiary/aromatic N) is 3. The van der Waals surface area contributed by atoms with Gasteiger partial charge in [-0.3, -0.25) is 9.59 Å². The molecule has 0 aliphatic carbocycles. The van der Waals surface area contributed by atoms with Crippen molar-refractivity contribution in [2.24, 2.45) is 5.73 Å². The third-order valence-electron chi connectivity index (χ3n) is 4.88. The molecule has 0 saturated carbocycles. The fraction of sp³-hybridized carbons (Fsp3) is 0.333. The lowest BCUT2D eigenvalue weighted by atomic mass is 9.96. The number of amides is 2. The molecule has 0 bridgehead atoms. The van der Waals surface area contributed by atoms with E-state index in [-0.39, 0.29) is 23.8 Å². The number of halogens is 2. The van der Waals surface area contributed by atoms with Crippen LogP contribution in [0.25, 0.3) is 0 Å². The van der Waals surface area contributed by atoms with Gasteiger partial charge < -0.3 is 25.8 Å². The normalized spacial score (nSPS) is 20.4. The number of methoxy groups -OCH3 is 1. The van der Waals surface area contributed by atoms with Crippen LogP contribution in [0, 0.1) is 11.8 Å². The van der Waals surface area contributed by atoms with E-state index in [4.69, 9.17) is 10.5 Å². The molecule has 0 radical (unpaired) electrons. The summed E-state index contributed by atoms with van der Waals surface area (Å²) in [5, 5.41) is 13.3. The molecule has 168 valence electrons. The Morgan fingerprint density at radius 3 is 2.75 bits per heavy atom. The van der Waals surface area contributed by atoms with Crippen molar-refractivity contribution in [1.29, 1.82) is 0 Å². The zero-order valence-electron chi connectivity index (χ0n) is 17.3. The van der Waals surface area contributed by atoms with Gasteiger partial charge in [-0.15, -0.1) is 0 Å². The topological polar surface area (TPSA) is 131 Å².